The van der Waals surface area contributed by atoms with Gasteiger partial charge in [0, 0.05) is 12.1 Å². The van der Waals surface area contributed by atoms with Gasteiger partial charge in [0.05, 0.1) is 7.11 Å². The summed E-state index contributed by atoms with van der Waals surface area (Å²) >= 11 is 0. The van der Waals surface area contributed by atoms with Crippen LogP contribution in [0.3, 0.4) is 0 Å². The summed E-state index contributed by atoms with van der Waals surface area (Å²) in [6.07, 6.45) is 0.202. The Kier molecular flexibility index (Phi) is 6.11. The molecule has 0 heterocycles. The van der Waals surface area contributed by atoms with Crippen LogP contribution in [-0.2, 0) is 16.0 Å². The molecule has 0 aliphatic carbocycles. The number of amides is 2. The molecule has 2 aromatic rings. The third-order valence-corrected chi connectivity index (χ3v) is 3.86. The minimum atomic E-state index is -0.875. The minimum absolute atomic E-state index is 0.202. The van der Waals surface area contributed by atoms with Crippen molar-refractivity contribution in [3.05, 3.63) is 65.0 Å². The van der Waals surface area contributed by atoms with Crippen molar-refractivity contribution in [2.24, 2.45) is 0 Å². The highest BCUT2D eigenvalue weighted by Gasteiger charge is 2.22. The fourth-order valence-corrected chi connectivity index (χ4v) is 2.51. The van der Waals surface area contributed by atoms with Gasteiger partial charge in [-0.1, -0.05) is 30.3 Å². The Labute approximate surface area is 146 Å². The van der Waals surface area contributed by atoms with E-state index in [9.17, 15) is 14.0 Å². The number of hydrogen-bond donors (Lipinski definition) is 2. The lowest BCUT2D eigenvalue weighted by atomic mass is 10.1. The van der Waals surface area contributed by atoms with Crippen molar-refractivity contribution in [1.29, 1.82) is 0 Å². The molecule has 5 nitrogen and oxygen atoms in total. The number of benzene rings is 2. The molecular weight excluding hydrogens is 323 g/mol. The Morgan fingerprint density at radius 1 is 1.08 bits per heavy atom. The number of para-hydroxylation sites is 1. The number of nitrogens with one attached hydrogen (secondary N) is 2. The number of esters is 1. The van der Waals surface area contributed by atoms with Crippen LogP contribution in [0.4, 0.5) is 14.9 Å². The molecule has 2 aromatic carbocycles. The van der Waals surface area contributed by atoms with Crippen molar-refractivity contribution >= 4 is 17.7 Å². The smallest absolute Gasteiger partial charge is 0.328 e. The maximum absolute atomic E-state index is 13.0. The van der Waals surface area contributed by atoms with Gasteiger partial charge < -0.3 is 15.4 Å². The number of carbonyl (C=O) groups is 2. The molecular formula is C19H21FN2O3. The lowest BCUT2D eigenvalue weighted by Crippen LogP contribution is -2.45. The Bertz CT molecular complexity index is 740. The van der Waals surface area contributed by atoms with Crippen LogP contribution in [0.1, 0.15) is 16.7 Å². The first kappa shape index (κ1) is 18.4. The SMILES string of the molecule is COC(=O)C(Cc1ccc(F)cc1)NC(=O)Nc1c(C)cccc1C. The number of rotatable bonds is 5. The molecule has 25 heavy (non-hydrogen) atoms. The summed E-state index contributed by atoms with van der Waals surface area (Å²) in [4.78, 5) is 24.3. The van der Waals surface area contributed by atoms with Crippen molar-refractivity contribution in [2.45, 2.75) is 26.3 Å². The van der Waals surface area contributed by atoms with Gasteiger partial charge in [-0.3, -0.25) is 0 Å². The zero-order valence-corrected chi connectivity index (χ0v) is 14.4. The summed E-state index contributed by atoms with van der Waals surface area (Å²) in [5, 5.41) is 5.38. The van der Waals surface area contributed by atoms with Gasteiger partial charge in [-0.25, -0.2) is 14.0 Å². The second kappa shape index (κ2) is 8.28. The van der Waals surface area contributed by atoms with Crippen molar-refractivity contribution in [1.82, 2.24) is 5.32 Å². The van der Waals surface area contributed by atoms with E-state index >= 15 is 0 Å². The van der Waals surface area contributed by atoms with Crippen molar-refractivity contribution < 1.29 is 18.7 Å². The lowest BCUT2D eigenvalue weighted by molar-refractivity contribution is -0.142. The number of hydrogen-bond acceptors (Lipinski definition) is 3. The highest BCUT2D eigenvalue weighted by atomic mass is 19.1. The molecule has 0 radical (unpaired) electrons. The van der Waals surface area contributed by atoms with Crippen LogP contribution in [0.25, 0.3) is 0 Å². The minimum Gasteiger partial charge on any atom is -0.467 e. The van der Waals surface area contributed by atoms with Gasteiger partial charge in [-0.2, -0.15) is 0 Å². The van der Waals surface area contributed by atoms with Gasteiger partial charge in [-0.05, 0) is 42.7 Å². The quantitative estimate of drug-likeness (QED) is 0.818. The van der Waals surface area contributed by atoms with Crippen molar-refractivity contribution in [3.63, 3.8) is 0 Å². The van der Waals surface area contributed by atoms with E-state index in [1.807, 2.05) is 32.0 Å². The van der Waals surface area contributed by atoms with E-state index in [4.69, 9.17) is 4.74 Å². The van der Waals surface area contributed by atoms with Crippen LogP contribution < -0.4 is 10.6 Å². The summed E-state index contributed by atoms with van der Waals surface area (Å²) in [5.74, 6) is -0.930. The first-order valence-corrected chi connectivity index (χ1v) is 7.86. The van der Waals surface area contributed by atoms with E-state index in [1.165, 1.54) is 19.2 Å². The highest BCUT2D eigenvalue weighted by Crippen LogP contribution is 2.19. The summed E-state index contributed by atoms with van der Waals surface area (Å²) in [6, 6.07) is 10.0. The normalized spacial score (nSPS) is 11.5. The number of halogens is 1. The van der Waals surface area contributed by atoms with Gasteiger partial charge >= 0.3 is 12.0 Å². The van der Waals surface area contributed by atoms with E-state index in [2.05, 4.69) is 10.6 Å². The highest BCUT2D eigenvalue weighted by molar-refractivity contribution is 5.93. The van der Waals surface area contributed by atoms with Crippen molar-refractivity contribution in [2.75, 3.05) is 12.4 Å². The van der Waals surface area contributed by atoms with Crippen LogP contribution >= 0.6 is 0 Å². The van der Waals surface area contributed by atoms with Gasteiger partial charge in [0.25, 0.3) is 0 Å². The Morgan fingerprint density at radius 2 is 1.68 bits per heavy atom. The molecule has 0 aliphatic heterocycles. The van der Waals surface area contributed by atoms with E-state index in [-0.39, 0.29) is 12.2 Å². The van der Waals surface area contributed by atoms with Gasteiger partial charge in [0.15, 0.2) is 0 Å². The molecule has 0 fully saturated rings. The predicted octanol–water partition coefficient (Wildman–Crippen LogP) is 3.35. The van der Waals surface area contributed by atoms with Crippen LogP contribution in [0.15, 0.2) is 42.5 Å². The number of ether oxygens (including phenoxy) is 1. The molecule has 0 saturated heterocycles. The Hall–Kier alpha value is -2.89. The van der Waals surface area contributed by atoms with E-state index in [1.54, 1.807) is 12.1 Å². The lowest BCUT2D eigenvalue weighted by Gasteiger charge is -2.18. The average molecular weight is 344 g/mol. The molecule has 0 aromatic heterocycles. The number of anilines is 1. The van der Waals surface area contributed by atoms with Crippen molar-refractivity contribution in [3.8, 4) is 0 Å². The third kappa shape index (κ3) is 5.04. The Balaban J connectivity index is 2.09. The van der Waals surface area contributed by atoms with Crippen LogP contribution in [0.2, 0.25) is 0 Å². The number of methoxy groups -OCH3 is 1. The first-order valence-electron chi connectivity index (χ1n) is 7.86. The maximum Gasteiger partial charge on any atom is 0.328 e. The number of urea groups is 1. The van der Waals surface area contributed by atoms with Crippen LogP contribution in [0, 0.1) is 19.7 Å². The number of carbonyl (C=O) groups excluding carboxylic acids is 2. The molecule has 1 unspecified atom stereocenters. The van der Waals surface area contributed by atoms with Gasteiger partial charge in [0.1, 0.15) is 11.9 Å². The van der Waals surface area contributed by atoms with E-state index < -0.39 is 18.0 Å². The topological polar surface area (TPSA) is 67.4 Å². The molecule has 0 spiro atoms. The fourth-order valence-electron chi connectivity index (χ4n) is 2.51. The largest absolute Gasteiger partial charge is 0.467 e. The Morgan fingerprint density at radius 3 is 2.24 bits per heavy atom. The molecule has 0 saturated carbocycles. The standard InChI is InChI=1S/C19H21FN2O3/c1-12-5-4-6-13(2)17(12)22-19(24)21-16(18(23)25-3)11-14-7-9-15(20)10-8-14/h4-10,16H,11H2,1-3H3,(H2,21,22,24). The van der Waals surface area contributed by atoms with E-state index in [0.717, 1.165) is 11.1 Å². The third-order valence-electron chi connectivity index (χ3n) is 3.86. The molecule has 2 rings (SSSR count). The second-order valence-electron chi connectivity index (χ2n) is 5.77. The molecule has 0 bridgehead atoms. The molecule has 1 atom stereocenters. The first-order chi connectivity index (χ1) is 11.9. The summed E-state index contributed by atoms with van der Waals surface area (Å²) < 4.78 is 17.8. The van der Waals surface area contributed by atoms with Gasteiger partial charge in [0.2, 0.25) is 0 Å². The summed E-state index contributed by atoms with van der Waals surface area (Å²) in [7, 11) is 1.26. The van der Waals surface area contributed by atoms with E-state index in [0.29, 0.717) is 11.3 Å². The molecule has 132 valence electrons. The average Bonchev–Trinajstić information content (AvgIpc) is 2.59. The monoisotopic (exact) mass is 344 g/mol. The predicted molar refractivity (Wildman–Crippen MR) is 94.0 cm³/mol. The summed E-state index contributed by atoms with van der Waals surface area (Å²) in [6.45, 7) is 3.78. The summed E-state index contributed by atoms with van der Waals surface area (Å²) in [5.41, 5.74) is 3.25. The van der Waals surface area contributed by atoms with Gasteiger partial charge in [-0.15, -0.1) is 0 Å². The molecule has 6 heteroatoms. The van der Waals surface area contributed by atoms with Crippen LogP contribution in [-0.4, -0.2) is 25.2 Å². The molecule has 2 N–H and O–H groups in total. The maximum atomic E-state index is 13.0. The fraction of sp³-hybridized carbons (Fsp3) is 0.263. The zero-order chi connectivity index (χ0) is 18.4. The molecule has 0 aliphatic rings. The zero-order valence-electron chi connectivity index (χ0n) is 14.4. The number of aryl methyl sites for hydroxylation is 2. The van der Waals surface area contributed by atoms with Crippen LogP contribution in [0.5, 0.6) is 0 Å². The second-order valence-corrected chi connectivity index (χ2v) is 5.77. The molecule has 2 amide bonds.